The van der Waals surface area contributed by atoms with Gasteiger partial charge in [-0.15, -0.1) is 0 Å². The van der Waals surface area contributed by atoms with Gasteiger partial charge < -0.3 is 14.0 Å². The van der Waals surface area contributed by atoms with Gasteiger partial charge in [-0.25, -0.2) is 0 Å². The molecule has 0 bridgehead atoms. The fourth-order valence-corrected chi connectivity index (χ4v) is 11.0. The second-order valence-corrected chi connectivity index (χ2v) is 26.5. The highest BCUT2D eigenvalue weighted by atomic mass is 28.4. The summed E-state index contributed by atoms with van der Waals surface area (Å²) < 4.78 is 14.6. The summed E-state index contributed by atoms with van der Waals surface area (Å²) in [7, 11) is -3.88. The van der Waals surface area contributed by atoms with Crippen LogP contribution in [0.15, 0.2) is 23.3 Å². The van der Waals surface area contributed by atoms with Gasteiger partial charge in [0.1, 0.15) is 0 Å². The third-order valence-corrected chi connectivity index (χ3v) is 21.8. The van der Waals surface area contributed by atoms with Gasteiger partial charge in [-0.1, -0.05) is 78.7 Å². The minimum atomic E-state index is -1.99. The zero-order valence-electron chi connectivity index (χ0n) is 27.1. The van der Waals surface area contributed by atoms with E-state index in [-0.39, 0.29) is 39.2 Å². The lowest BCUT2D eigenvalue weighted by Crippen LogP contribution is -2.58. The summed E-state index contributed by atoms with van der Waals surface area (Å²) in [5, 5.41) is 11.0. The molecular weight excluding hydrogens is 501 g/mol. The van der Waals surface area contributed by atoms with Crippen molar-refractivity contribution in [3.8, 4) is 0 Å². The van der Waals surface area contributed by atoms with Crippen LogP contribution in [-0.4, -0.2) is 40.1 Å². The molecule has 4 rings (SSSR count). The summed E-state index contributed by atoms with van der Waals surface area (Å²) in [6.07, 6.45) is 12.1. The second kappa shape index (κ2) is 9.68. The molecule has 8 atom stereocenters. The maximum atomic E-state index is 10.7. The van der Waals surface area contributed by atoms with Crippen LogP contribution in [0.4, 0.5) is 0 Å². The molecule has 3 fully saturated rings. The number of aliphatic hydroxyl groups excluding tert-OH is 1. The van der Waals surface area contributed by atoms with Crippen LogP contribution in [0.5, 0.6) is 0 Å². The van der Waals surface area contributed by atoms with Crippen molar-refractivity contribution >= 4 is 16.6 Å². The van der Waals surface area contributed by atoms with E-state index in [0.717, 1.165) is 19.3 Å². The Morgan fingerprint density at radius 3 is 2.00 bits per heavy atom. The lowest BCUT2D eigenvalue weighted by atomic mass is 9.49. The molecule has 0 aromatic carbocycles. The first-order chi connectivity index (χ1) is 17.1. The van der Waals surface area contributed by atoms with Crippen molar-refractivity contribution < 1.29 is 14.0 Å². The fourth-order valence-electron chi connectivity index (χ4n) is 8.22. The van der Waals surface area contributed by atoms with Crippen LogP contribution in [0.25, 0.3) is 0 Å². The molecule has 0 amide bonds. The molecule has 4 aliphatic rings. The first-order valence-electron chi connectivity index (χ1n) is 15.6. The number of fused-ring (bicyclic) bond motifs is 5. The average molecular weight is 561 g/mol. The minimum Gasteiger partial charge on any atom is -0.414 e. The van der Waals surface area contributed by atoms with Crippen LogP contribution in [0.3, 0.4) is 0 Å². The largest absolute Gasteiger partial charge is 0.414 e. The van der Waals surface area contributed by atoms with Gasteiger partial charge in [-0.3, -0.25) is 0 Å². The number of hydrogen-bond donors (Lipinski definition) is 1. The van der Waals surface area contributed by atoms with Crippen molar-refractivity contribution in [1.29, 1.82) is 0 Å². The highest BCUT2D eigenvalue weighted by Gasteiger charge is 2.60. The average Bonchev–Trinajstić information content (AvgIpc) is 3.10. The molecule has 3 nitrogen and oxygen atoms in total. The van der Waals surface area contributed by atoms with Gasteiger partial charge in [0, 0.05) is 5.41 Å². The summed E-state index contributed by atoms with van der Waals surface area (Å²) in [4.78, 5) is 0. The molecule has 218 valence electrons. The molecule has 0 aliphatic heterocycles. The SMILES string of the molecule is C[C@H](O)[C@H]1CC[C@H]2C3=CC=C4C[C@@H](O[Si](C)(C)C(C)(C)C)C[C@H](O[Si](C)(C)C(C)(C)C)[C@]4(C)[C@H]3CC[C@]12C. The zero-order chi connectivity index (χ0) is 28.7. The van der Waals surface area contributed by atoms with Crippen LogP contribution < -0.4 is 0 Å². The van der Waals surface area contributed by atoms with Crippen molar-refractivity contribution in [3.63, 3.8) is 0 Å². The van der Waals surface area contributed by atoms with E-state index < -0.39 is 16.6 Å². The first-order valence-corrected chi connectivity index (χ1v) is 21.4. The van der Waals surface area contributed by atoms with E-state index in [0.29, 0.717) is 17.8 Å². The van der Waals surface area contributed by atoms with E-state index in [1.807, 2.05) is 6.92 Å². The van der Waals surface area contributed by atoms with Gasteiger partial charge in [0.15, 0.2) is 16.6 Å². The van der Waals surface area contributed by atoms with Crippen LogP contribution in [0.2, 0.25) is 36.3 Å². The Kier molecular flexibility index (Phi) is 7.83. The van der Waals surface area contributed by atoms with Crippen molar-refractivity contribution in [2.45, 2.75) is 155 Å². The molecular formula is C33H60O3Si2. The van der Waals surface area contributed by atoms with Gasteiger partial charge in [-0.05, 0) is 105 Å². The van der Waals surface area contributed by atoms with Gasteiger partial charge in [0.05, 0.1) is 18.3 Å². The van der Waals surface area contributed by atoms with Crippen LogP contribution in [0.1, 0.15) is 101 Å². The van der Waals surface area contributed by atoms with Crippen LogP contribution in [0, 0.1) is 28.6 Å². The van der Waals surface area contributed by atoms with Crippen LogP contribution in [-0.2, 0) is 8.85 Å². The molecule has 0 unspecified atom stereocenters. The first kappa shape index (κ1) is 30.7. The highest BCUT2D eigenvalue weighted by Crippen LogP contribution is 2.66. The Morgan fingerprint density at radius 2 is 1.45 bits per heavy atom. The number of hydrogen-bond acceptors (Lipinski definition) is 3. The Balaban J connectivity index is 1.74. The third kappa shape index (κ3) is 4.93. The predicted molar refractivity (Wildman–Crippen MR) is 166 cm³/mol. The zero-order valence-corrected chi connectivity index (χ0v) is 29.1. The van der Waals surface area contributed by atoms with Gasteiger partial charge >= 0.3 is 0 Å². The Hall–Kier alpha value is -0.206. The lowest BCUT2D eigenvalue weighted by Gasteiger charge is -2.59. The quantitative estimate of drug-likeness (QED) is 0.341. The Bertz CT molecular complexity index is 966. The van der Waals surface area contributed by atoms with Gasteiger partial charge in [0.2, 0.25) is 0 Å². The molecule has 0 spiro atoms. The lowest BCUT2D eigenvalue weighted by molar-refractivity contribution is -0.0490. The fraction of sp³-hybridized carbons (Fsp3) is 0.879. The van der Waals surface area contributed by atoms with Crippen molar-refractivity contribution in [2.24, 2.45) is 28.6 Å². The number of aliphatic hydroxyl groups is 1. The second-order valence-electron chi connectivity index (χ2n) is 17.0. The van der Waals surface area contributed by atoms with E-state index in [2.05, 4.69) is 93.7 Å². The van der Waals surface area contributed by atoms with Gasteiger partial charge in [-0.2, -0.15) is 0 Å². The highest BCUT2D eigenvalue weighted by molar-refractivity contribution is 6.74. The minimum absolute atomic E-state index is 0.0249. The molecule has 38 heavy (non-hydrogen) atoms. The molecule has 0 radical (unpaired) electrons. The normalized spacial score (nSPS) is 39.1. The summed E-state index contributed by atoms with van der Waals surface area (Å²) in [5.74, 6) is 1.54. The molecule has 0 heterocycles. The third-order valence-electron chi connectivity index (χ3n) is 12.8. The standard InChI is InChI=1S/C33H60O3Si2/c1-22(34)26-16-17-27-25-15-14-23-20-24(35-37(10,11)30(2,3)4)21-29(36-38(12,13)31(5,6)7)33(23,9)28(25)18-19-32(26,27)8/h14-15,22,24,26-29,34H,16-21H2,1-13H3/t22-,24+,26+,27-,28-,29-,32+,33-/m0/s1. The molecule has 0 saturated heterocycles. The van der Waals surface area contributed by atoms with E-state index in [9.17, 15) is 5.11 Å². The number of rotatable bonds is 5. The van der Waals surface area contributed by atoms with E-state index in [1.54, 1.807) is 11.1 Å². The van der Waals surface area contributed by atoms with Crippen molar-refractivity contribution in [1.82, 2.24) is 0 Å². The monoisotopic (exact) mass is 560 g/mol. The topological polar surface area (TPSA) is 38.7 Å². The van der Waals surface area contributed by atoms with E-state index in [4.69, 9.17) is 8.85 Å². The van der Waals surface area contributed by atoms with Gasteiger partial charge in [0.25, 0.3) is 0 Å². The van der Waals surface area contributed by atoms with Crippen molar-refractivity contribution in [3.05, 3.63) is 23.3 Å². The molecule has 0 aromatic heterocycles. The maximum absolute atomic E-state index is 10.7. The van der Waals surface area contributed by atoms with E-state index in [1.165, 1.54) is 19.3 Å². The van der Waals surface area contributed by atoms with E-state index >= 15 is 0 Å². The molecule has 3 saturated carbocycles. The smallest absolute Gasteiger partial charge is 0.192 e. The predicted octanol–water partition coefficient (Wildman–Crippen LogP) is 9.26. The summed E-state index contributed by atoms with van der Waals surface area (Å²) in [6, 6.07) is 0. The molecule has 4 aliphatic carbocycles. The molecule has 1 N–H and O–H groups in total. The maximum Gasteiger partial charge on any atom is 0.192 e. The summed E-state index contributed by atoms with van der Waals surface area (Å²) in [6.45, 7) is 30.9. The summed E-state index contributed by atoms with van der Waals surface area (Å²) in [5.41, 5.74) is 3.48. The Labute approximate surface area is 237 Å². The van der Waals surface area contributed by atoms with Crippen molar-refractivity contribution in [2.75, 3.05) is 0 Å². The molecule has 0 aromatic rings. The molecule has 5 heteroatoms. The number of allylic oxidation sites excluding steroid dienone is 3. The Morgan fingerprint density at radius 1 is 0.868 bits per heavy atom. The van der Waals surface area contributed by atoms with Crippen LogP contribution >= 0.6 is 0 Å². The summed E-state index contributed by atoms with van der Waals surface area (Å²) >= 11 is 0.